The lowest BCUT2D eigenvalue weighted by Crippen LogP contribution is -2.20. The van der Waals surface area contributed by atoms with Gasteiger partial charge in [-0.15, -0.1) is 0 Å². The van der Waals surface area contributed by atoms with Crippen LogP contribution in [0.15, 0.2) is 60.8 Å². The number of halogens is 4. The highest BCUT2D eigenvalue weighted by Crippen LogP contribution is 2.27. The van der Waals surface area contributed by atoms with Crippen molar-refractivity contribution in [3.8, 4) is 17.4 Å². The Morgan fingerprint density at radius 2 is 1.78 bits per heavy atom. The average molecular weight is 468 g/mol. The molecule has 0 atom stereocenters. The maximum Gasteiger partial charge on any atom is 0.422 e. The van der Waals surface area contributed by atoms with Crippen molar-refractivity contribution in [3.05, 3.63) is 81.5 Å². The van der Waals surface area contributed by atoms with Crippen LogP contribution in [-0.2, 0) is 0 Å². The fraction of sp³-hybridized carbons (Fsp3) is 0.100. The summed E-state index contributed by atoms with van der Waals surface area (Å²) >= 11 is 5.80. The third-order valence-corrected chi connectivity index (χ3v) is 4.09. The number of carbonyl (C=O) groups excluding carboxylic acids is 1. The molecule has 0 fully saturated rings. The first kappa shape index (κ1) is 22.8. The Morgan fingerprint density at radius 3 is 2.38 bits per heavy atom. The summed E-state index contributed by atoms with van der Waals surface area (Å²) in [6, 6.07) is 12.1. The molecule has 0 aliphatic carbocycles. The molecule has 1 aromatic heterocycles. The van der Waals surface area contributed by atoms with Gasteiger partial charge < -0.3 is 14.8 Å². The van der Waals surface area contributed by atoms with Crippen LogP contribution < -0.4 is 14.8 Å². The number of aromatic nitrogens is 1. The lowest BCUT2D eigenvalue weighted by Gasteiger charge is -2.11. The van der Waals surface area contributed by atoms with Crippen molar-refractivity contribution < 1.29 is 32.4 Å². The largest absolute Gasteiger partial charge is 0.484 e. The Kier molecular flexibility index (Phi) is 6.79. The zero-order chi connectivity index (χ0) is 23.3. The minimum atomic E-state index is -4.61. The van der Waals surface area contributed by atoms with E-state index in [2.05, 4.69) is 15.0 Å². The number of hydrogen-bond acceptors (Lipinski definition) is 6. The normalized spacial score (nSPS) is 11.0. The SMILES string of the molecule is O=C(Nc1ccc(Oc2ccc(Cl)cc2)nc1)c1cc(OCC(F)(F)F)ccc1[N+](=O)[O-]. The number of anilines is 1. The van der Waals surface area contributed by atoms with Gasteiger partial charge in [0.25, 0.3) is 11.6 Å². The highest BCUT2D eigenvalue weighted by atomic mass is 35.5. The molecule has 0 spiro atoms. The van der Waals surface area contributed by atoms with Crippen LogP contribution in [0, 0.1) is 10.1 Å². The third kappa shape index (κ3) is 6.32. The number of carbonyl (C=O) groups is 1. The van der Waals surface area contributed by atoms with Gasteiger partial charge >= 0.3 is 6.18 Å². The summed E-state index contributed by atoms with van der Waals surface area (Å²) in [5, 5.41) is 14.1. The van der Waals surface area contributed by atoms with E-state index in [0.29, 0.717) is 10.8 Å². The number of hydrogen-bond donors (Lipinski definition) is 1. The topological polar surface area (TPSA) is 104 Å². The van der Waals surface area contributed by atoms with Crippen molar-refractivity contribution in [3.63, 3.8) is 0 Å². The molecule has 0 saturated carbocycles. The second-order valence-corrected chi connectivity index (χ2v) is 6.67. The van der Waals surface area contributed by atoms with Crippen LogP contribution >= 0.6 is 11.6 Å². The molecule has 0 radical (unpaired) electrons. The Hall–Kier alpha value is -3.86. The van der Waals surface area contributed by atoms with E-state index < -0.39 is 34.9 Å². The number of amides is 1. The number of nitrogens with one attached hydrogen (secondary N) is 1. The fourth-order valence-electron chi connectivity index (χ4n) is 2.45. The van der Waals surface area contributed by atoms with E-state index in [4.69, 9.17) is 16.3 Å². The van der Waals surface area contributed by atoms with Gasteiger partial charge in [0.1, 0.15) is 17.1 Å². The minimum Gasteiger partial charge on any atom is -0.484 e. The molecule has 0 saturated heterocycles. The number of alkyl halides is 3. The number of nitro groups is 1. The van der Waals surface area contributed by atoms with Gasteiger partial charge in [-0.05, 0) is 42.5 Å². The smallest absolute Gasteiger partial charge is 0.422 e. The van der Waals surface area contributed by atoms with E-state index in [9.17, 15) is 28.1 Å². The molecule has 12 heteroatoms. The zero-order valence-electron chi connectivity index (χ0n) is 15.9. The lowest BCUT2D eigenvalue weighted by molar-refractivity contribution is -0.385. The second-order valence-electron chi connectivity index (χ2n) is 6.24. The van der Waals surface area contributed by atoms with Gasteiger partial charge in [0.15, 0.2) is 6.61 Å². The third-order valence-electron chi connectivity index (χ3n) is 3.84. The summed E-state index contributed by atoms with van der Waals surface area (Å²) in [4.78, 5) is 26.9. The number of rotatable bonds is 7. The highest BCUT2D eigenvalue weighted by molar-refractivity contribution is 6.30. The Bertz CT molecular complexity index is 1120. The van der Waals surface area contributed by atoms with E-state index in [0.717, 1.165) is 18.2 Å². The van der Waals surface area contributed by atoms with Crippen molar-refractivity contribution in [2.75, 3.05) is 11.9 Å². The number of nitro benzene ring substituents is 1. The van der Waals surface area contributed by atoms with Crippen LogP contribution in [0.25, 0.3) is 0 Å². The van der Waals surface area contributed by atoms with Gasteiger partial charge in [-0.2, -0.15) is 13.2 Å². The van der Waals surface area contributed by atoms with E-state index in [-0.39, 0.29) is 17.3 Å². The molecule has 166 valence electrons. The van der Waals surface area contributed by atoms with Crippen molar-refractivity contribution in [1.29, 1.82) is 0 Å². The van der Waals surface area contributed by atoms with Crippen molar-refractivity contribution in [2.24, 2.45) is 0 Å². The summed E-state index contributed by atoms with van der Waals surface area (Å²) in [6.45, 7) is -1.61. The minimum absolute atomic E-state index is 0.175. The molecule has 0 aliphatic rings. The second kappa shape index (κ2) is 9.52. The first-order chi connectivity index (χ1) is 15.1. The van der Waals surface area contributed by atoms with Gasteiger partial charge in [-0.1, -0.05) is 11.6 Å². The number of benzene rings is 2. The van der Waals surface area contributed by atoms with Crippen LogP contribution in [0.2, 0.25) is 5.02 Å². The molecule has 2 aromatic carbocycles. The quantitative estimate of drug-likeness (QED) is 0.357. The van der Waals surface area contributed by atoms with Crippen LogP contribution in [0.3, 0.4) is 0 Å². The van der Waals surface area contributed by atoms with Crippen molar-refractivity contribution in [1.82, 2.24) is 4.98 Å². The molecule has 0 bridgehead atoms. The molecule has 32 heavy (non-hydrogen) atoms. The van der Waals surface area contributed by atoms with E-state index in [1.807, 2.05) is 0 Å². The van der Waals surface area contributed by atoms with Gasteiger partial charge in [0, 0.05) is 17.2 Å². The van der Waals surface area contributed by atoms with Crippen molar-refractivity contribution >= 4 is 28.9 Å². The lowest BCUT2D eigenvalue weighted by atomic mass is 10.1. The average Bonchev–Trinajstić information content (AvgIpc) is 2.74. The predicted molar refractivity (Wildman–Crippen MR) is 108 cm³/mol. The number of nitrogens with zero attached hydrogens (tertiary/aromatic N) is 2. The van der Waals surface area contributed by atoms with Crippen LogP contribution in [0.1, 0.15) is 10.4 Å². The first-order valence-electron chi connectivity index (χ1n) is 8.79. The van der Waals surface area contributed by atoms with Crippen molar-refractivity contribution in [2.45, 2.75) is 6.18 Å². The van der Waals surface area contributed by atoms with E-state index >= 15 is 0 Å². The van der Waals surface area contributed by atoms with Gasteiger partial charge in [0.05, 0.1) is 16.8 Å². The molecular formula is C20H13ClF3N3O5. The Labute approximate surface area is 183 Å². The maximum absolute atomic E-state index is 12.5. The zero-order valence-corrected chi connectivity index (χ0v) is 16.7. The summed E-state index contributed by atoms with van der Waals surface area (Å²) in [7, 11) is 0. The molecular weight excluding hydrogens is 455 g/mol. The molecule has 3 rings (SSSR count). The monoisotopic (exact) mass is 467 g/mol. The van der Waals surface area contributed by atoms with Gasteiger partial charge in [0.2, 0.25) is 5.88 Å². The number of ether oxygens (including phenoxy) is 2. The highest BCUT2D eigenvalue weighted by Gasteiger charge is 2.29. The molecule has 1 N–H and O–H groups in total. The van der Waals surface area contributed by atoms with Crippen LogP contribution in [-0.4, -0.2) is 28.6 Å². The molecule has 3 aromatic rings. The van der Waals surface area contributed by atoms with Gasteiger partial charge in [-0.3, -0.25) is 14.9 Å². The van der Waals surface area contributed by atoms with Crippen LogP contribution in [0.5, 0.6) is 17.4 Å². The molecule has 0 aliphatic heterocycles. The summed E-state index contributed by atoms with van der Waals surface area (Å²) in [5.74, 6) is -0.589. The summed E-state index contributed by atoms with van der Waals surface area (Å²) < 4.78 is 47.1. The Balaban J connectivity index is 1.73. The first-order valence-corrected chi connectivity index (χ1v) is 9.17. The molecule has 1 heterocycles. The van der Waals surface area contributed by atoms with E-state index in [1.54, 1.807) is 24.3 Å². The maximum atomic E-state index is 12.5. The number of pyridine rings is 1. The molecule has 0 unspecified atom stereocenters. The predicted octanol–water partition coefficient (Wildman–Crippen LogP) is 5.63. The summed E-state index contributed by atoms with van der Waals surface area (Å²) in [5.41, 5.74) is -0.900. The molecule has 8 nitrogen and oxygen atoms in total. The van der Waals surface area contributed by atoms with Crippen LogP contribution in [0.4, 0.5) is 24.5 Å². The molecule has 1 amide bonds. The Morgan fingerprint density at radius 1 is 1.09 bits per heavy atom. The standard InChI is InChI=1S/C20H13ClF3N3O5/c21-12-1-4-14(5-2-12)32-18-8-3-13(10-25-18)26-19(28)16-9-15(31-11-20(22,23)24)6-7-17(16)27(29)30/h1-10H,11H2,(H,26,28). The fourth-order valence-corrected chi connectivity index (χ4v) is 2.57. The van der Waals surface area contributed by atoms with Gasteiger partial charge in [-0.25, -0.2) is 4.98 Å². The van der Waals surface area contributed by atoms with E-state index in [1.165, 1.54) is 18.3 Å². The summed E-state index contributed by atoms with van der Waals surface area (Å²) in [6.07, 6.45) is -3.36.